The van der Waals surface area contributed by atoms with Crippen LogP contribution in [0.15, 0.2) is 72.8 Å². The summed E-state index contributed by atoms with van der Waals surface area (Å²) < 4.78 is 1.87. The molecule has 1 aliphatic carbocycles. The van der Waals surface area contributed by atoms with Crippen molar-refractivity contribution >= 4 is 21.5 Å². The van der Waals surface area contributed by atoms with E-state index in [0.29, 0.717) is 5.92 Å². The predicted molar refractivity (Wildman–Crippen MR) is 134 cm³/mol. The molecule has 0 spiro atoms. The van der Waals surface area contributed by atoms with Gasteiger partial charge in [0.1, 0.15) is 0 Å². The van der Waals surface area contributed by atoms with E-state index < -0.39 is 0 Å². The highest BCUT2D eigenvalue weighted by Crippen LogP contribution is 2.47. The number of tetrazole rings is 1. The summed E-state index contributed by atoms with van der Waals surface area (Å²) in [5.74, 6) is 1.32. The van der Waals surface area contributed by atoms with Crippen LogP contribution in [0.5, 0.6) is 0 Å². The molecule has 6 rings (SSSR count). The Hall–Kier alpha value is -3.53. The average Bonchev–Trinajstić information content (AvgIpc) is 3.32. The van der Waals surface area contributed by atoms with E-state index in [2.05, 4.69) is 109 Å². The van der Waals surface area contributed by atoms with E-state index in [-0.39, 0.29) is 5.41 Å². The minimum atomic E-state index is 0.139. The number of aromatic nitrogens is 4. The van der Waals surface area contributed by atoms with Crippen LogP contribution < -0.4 is 0 Å². The molecule has 4 aromatic carbocycles. The van der Waals surface area contributed by atoms with E-state index in [1.165, 1.54) is 38.2 Å². The lowest BCUT2D eigenvalue weighted by Gasteiger charge is -2.41. The fraction of sp³-hybridized carbons (Fsp3) is 0.276. The Morgan fingerprint density at radius 2 is 1.76 bits per heavy atom. The van der Waals surface area contributed by atoms with Gasteiger partial charge in [-0.1, -0.05) is 81.4 Å². The van der Waals surface area contributed by atoms with E-state index >= 15 is 0 Å². The van der Waals surface area contributed by atoms with Crippen LogP contribution in [0, 0.1) is 5.41 Å². The van der Waals surface area contributed by atoms with Crippen LogP contribution in [0.25, 0.3) is 27.2 Å². The van der Waals surface area contributed by atoms with Gasteiger partial charge in [-0.25, -0.2) is 0 Å². The zero-order valence-electron chi connectivity index (χ0n) is 19.4. The second kappa shape index (κ2) is 7.51. The third-order valence-corrected chi connectivity index (χ3v) is 7.50. The molecule has 0 bridgehead atoms. The Balaban J connectivity index is 1.44. The van der Waals surface area contributed by atoms with E-state index in [0.717, 1.165) is 30.8 Å². The molecule has 164 valence electrons. The van der Waals surface area contributed by atoms with Crippen molar-refractivity contribution in [3.05, 3.63) is 95.3 Å². The first-order valence-corrected chi connectivity index (χ1v) is 11.8. The Bertz CT molecular complexity index is 1490. The van der Waals surface area contributed by atoms with Gasteiger partial charge in [0.25, 0.3) is 0 Å². The molecule has 33 heavy (non-hydrogen) atoms. The van der Waals surface area contributed by atoms with Crippen molar-refractivity contribution in [2.24, 2.45) is 5.41 Å². The Morgan fingerprint density at radius 3 is 2.64 bits per heavy atom. The lowest BCUT2D eigenvalue weighted by atomic mass is 9.63. The number of fused-ring (bicyclic) bond motifs is 5. The maximum absolute atomic E-state index is 4.23. The zero-order chi connectivity index (χ0) is 22.6. The SMILES string of the molecule is CCc1nnnn1-c1cccc(C2Cc3ccc4c(ccc5ccccc54)c3CC2(C)C)c1. The molecule has 1 heterocycles. The van der Waals surface area contributed by atoms with Crippen molar-refractivity contribution in [1.82, 2.24) is 20.2 Å². The first-order valence-electron chi connectivity index (χ1n) is 11.8. The standard InChI is InChI=1S/C29H28N4/c1-4-28-30-31-32-33(28)22-10-7-9-21(16-22)27-17-20-13-15-24-23-11-6-5-8-19(23)12-14-25(24)26(20)18-29(27,2)3/h5-16,27H,4,17-18H2,1-3H3. The topological polar surface area (TPSA) is 43.6 Å². The summed E-state index contributed by atoms with van der Waals surface area (Å²) >= 11 is 0. The second-order valence-corrected chi connectivity index (χ2v) is 9.96. The molecule has 0 N–H and O–H groups in total. The maximum atomic E-state index is 4.23. The van der Waals surface area contributed by atoms with Crippen molar-refractivity contribution in [3.63, 3.8) is 0 Å². The van der Waals surface area contributed by atoms with Crippen LogP contribution in [0.4, 0.5) is 0 Å². The molecule has 0 amide bonds. The van der Waals surface area contributed by atoms with Crippen LogP contribution in [-0.4, -0.2) is 20.2 Å². The van der Waals surface area contributed by atoms with Crippen molar-refractivity contribution in [2.75, 3.05) is 0 Å². The third-order valence-electron chi connectivity index (χ3n) is 7.50. The molecule has 0 fully saturated rings. The fourth-order valence-electron chi connectivity index (χ4n) is 5.74. The molecule has 1 unspecified atom stereocenters. The summed E-state index contributed by atoms with van der Waals surface area (Å²) in [7, 11) is 0. The van der Waals surface area contributed by atoms with E-state index in [4.69, 9.17) is 0 Å². The summed E-state index contributed by atoms with van der Waals surface area (Å²) in [6.07, 6.45) is 2.92. The summed E-state index contributed by atoms with van der Waals surface area (Å²) in [5.41, 5.74) is 5.54. The van der Waals surface area contributed by atoms with E-state index in [1.807, 2.05) is 4.68 Å². The van der Waals surface area contributed by atoms with Gasteiger partial charge in [0, 0.05) is 6.42 Å². The smallest absolute Gasteiger partial charge is 0.156 e. The van der Waals surface area contributed by atoms with Gasteiger partial charge in [-0.05, 0) is 85.0 Å². The highest BCUT2D eigenvalue weighted by Gasteiger charge is 2.37. The second-order valence-electron chi connectivity index (χ2n) is 9.96. The zero-order valence-corrected chi connectivity index (χ0v) is 19.4. The van der Waals surface area contributed by atoms with Crippen molar-refractivity contribution in [2.45, 2.75) is 46.0 Å². The molecular weight excluding hydrogens is 404 g/mol. The Morgan fingerprint density at radius 1 is 0.909 bits per heavy atom. The number of hydrogen-bond acceptors (Lipinski definition) is 3. The van der Waals surface area contributed by atoms with E-state index in [1.54, 1.807) is 0 Å². The van der Waals surface area contributed by atoms with Crippen LogP contribution in [-0.2, 0) is 19.3 Å². The minimum absolute atomic E-state index is 0.139. The predicted octanol–water partition coefficient (Wildman–Crippen LogP) is 6.44. The number of benzene rings is 4. The number of hydrogen-bond donors (Lipinski definition) is 0. The van der Waals surface area contributed by atoms with Gasteiger partial charge in [0.2, 0.25) is 0 Å². The summed E-state index contributed by atoms with van der Waals surface area (Å²) in [5, 5.41) is 17.7. The normalized spacial score (nSPS) is 17.4. The summed E-state index contributed by atoms with van der Waals surface area (Å²) in [4.78, 5) is 0. The maximum Gasteiger partial charge on any atom is 0.156 e. The fourth-order valence-corrected chi connectivity index (χ4v) is 5.74. The highest BCUT2D eigenvalue weighted by atomic mass is 15.5. The Labute approximate surface area is 194 Å². The monoisotopic (exact) mass is 432 g/mol. The van der Waals surface area contributed by atoms with Crippen molar-refractivity contribution in [1.29, 1.82) is 0 Å². The lowest BCUT2D eigenvalue weighted by molar-refractivity contribution is 0.264. The third kappa shape index (κ3) is 3.24. The van der Waals surface area contributed by atoms with Gasteiger partial charge < -0.3 is 0 Å². The van der Waals surface area contributed by atoms with Gasteiger partial charge >= 0.3 is 0 Å². The molecule has 1 aliphatic rings. The molecule has 0 saturated carbocycles. The first kappa shape index (κ1) is 20.1. The van der Waals surface area contributed by atoms with Gasteiger partial charge in [0.15, 0.2) is 5.82 Å². The quantitative estimate of drug-likeness (QED) is 0.308. The lowest BCUT2D eigenvalue weighted by Crippen LogP contribution is -2.31. The number of aryl methyl sites for hydroxylation is 1. The molecule has 0 radical (unpaired) electrons. The minimum Gasteiger partial charge on any atom is -0.197 e. The molecule has 4 heteroatoms. The van der Waals surface area contributed by atoms with E-state index in [9.17, 15) is 0 Å². The molecule has 1 aromatic heterocycles. The molecule has 1 atom stereocenters. The summed E-state index contributed by atoms with van der Waals surface area (Å²) in [6.45, 7) is 6.92. The Kier molecular flexibility index (Phi) is 4.58. The highest BCUT2D eigenvalue weighted by molar-refractivity contribution is 6.08. The molecule has 0 aliphatic heterocycles. The first-order chi connectivity index (χ1) is 16.0. The number of rotatable bonds is 3. The van der Waals surface area contributed by atoms with Crippen molar-refractivity contribution in [3.8, 4) is 5.69 Å². The molecule has 0 saturated heterocycles. The van der Waals surface area contributed by atoms with Crippen LogP contribution >= 0.6 is 0 Å². The number of nitrogens with zero attached hydrogens (tertiary/aromatic N) is 4. The molecule has 5 aromatic rings. The average molecular weight is 433 g/mol. The van der Waals surface area contributed by atoms with Gasteiger partial charge in [-0.15, -0.1) is 5.10 Å². The van der Waals surface area contributed by atoms with Gasteiger partial charge in [-0.3, -0.25) is 0 Å². The van der Waals surface area contributed by atoms with Crippen molar-refractivity contribution < 1.29 is 0 Å². The molecular formula is C29H28N4. The molecule has 4 nitrogen and oxygen atoms in total. The van der Waals surface area contributed by atoms with Crippen LogP contribution in [0.3, 0.4) is 0 Å². The summed E-state index contributed by atoms with van der Waals surface area (Å²) in [6, 6.07) is 26.8. The van der Waals surface area contributed by atoms with Gasteiger partial charge in [-0.2, -0.15) is 4.68 Å². The van der Waals surface area contributed by atoms with Crippen LogP contribution in [0.1, 0.15) is 49.2 Å². The van der Waals surface area contributed by atoms with Crippen LogP contribution in [0.2, 0.25) is 0 Å². The largest absolute Gasteiger partial charge is 0.197 e. The van der Waals surface area contributed by atoms with Gasteiger partial charge in [0.05, 0.1) is 5.69 Å².